The second kappa shape index (κ2) is 8.88. The summed E-state index contributed by atoms with van der Waals surface area (Å²) in [5.41, 5.74) is 1.55. The van der Waals surface area contributed by atoms with Crippen molar-refractivity contribution in [1.82, 2.24) is 10.3 Å². The van der Waals surface area contributed by atoms with Gasteiger partial charge in [-0.25, -0.2) is 4.98 Å². The molecule has 2 aromatic heterocycles. The van der Waals surface area contributed by atoms with Crippen LogP contribution in [-0.4, -0.2) is 22.6 Å². The van der Waals surface area contributed by atoms with Gasteiger partial charge < -0.3 is 15.1 Å². The number of anilines is 1. The van der Waals surface area contributed by atoms with Crippen LogP contribution in [0.4, 0.5) is 5.69 Å². The fourth-order valence-corrected chi connectivity index (χ4v) is 3.64. The van der Waals surface area contributed by atoms with E-state index in [0.717, 1.165) is 21.3 Å². The van der Waals surface area contributed by atoms with Gasteiger partial charge in [-0.05, 0) is 43.3 Å². The average Bonchev–Trinajstić information content (AvgIpc) is 3.27. The Morgan fingerprint density at radius 3 is 2.63 bits per heavy atom. The highest BCUT2D eigenvalue weighted by Crippen LogP contribution is 2.24. The first kappa shape index (κ1) is 19.2. The molecular formula is C19H19N3O3S2. The molecule has 140 valence electrons. The molecule has 0 unspecified atom stereocenters. The maximum atomic E-state index is 12.0. The van der Waals surface area contributed by atoms with Crippen LogP contribution in [0.2, 0.25) is 0 Å². The third-order valence-corrected chi connectivity index (χ3v) is 5.32. The van der Waals surface area contributed by atoms with Crippen molar-refractivity contribution in [1.29, 1.82) is 0 Å². The lowest BCUT2D eigenvalue weighted by Gasteiger charge is -2.05. The molecule has 2 N–H and O–H groups in total. The summed E-state index contributed by atoms with van der Waals surface area (Å²) in [4.78, 5) is 28.4. The molecule has 3 aromatic rings. The Labute approximate surface area is 165 Å². The van der Waals surface area contributed by atoms with Gasteiger partial charge in [-0.3, -0.25) is 9.59 Å². The van der Waals surface area contributed by atoms with Crippen LogP contribution in [0.5, 0.6) is 0 Å². The third kappa shape index (κ3) is 5.70. The average molecular weight is 402 g/mol. The molecule has 0 saturated heterocycles. The fraction of sp³-hybridized carbons (Fsp3) is 0.211. The molecule has 27 heavy (non-hydrogen) atoms. The summed E-state index contributed by atoms with van der Waals surface area (Å²) in [6.45, 7) is 3.75. The Morgan fingerprint density at radius 1 is 1.19 bits per heavy atom. The van der Waals surface area contributed by atoms with E-state index in [0.29, 0.717) is 23.8 Å². The van der Waals surface area contributed by atoms with Gasteiger partial charge in [-0.1, -0.05) is 0 Å². The SMILES string of the molecule is CC(=O)Nc1ccc(SCC(=O)NCc2ccc(-c3csc(C)n3)o2)cc1. The summed E-state index contributed by atoms with van der Waals surface area (Å²) in [7, 11) is 0. The fourth-order valence-electron chi connectivity index (χ4n) is 2.31. The highest BCUT2D eigenvalue weighted by molar-refractivity contribution is 8.00. The number of carbonyl (C=O) groups excluding carboxylic acids is 2. The standard InChI is InChI=1S/C19H19N3O3S2/c1-12(23)21-14-3-6-16(7-4-14)27-11-19(24)20-9-15-5-8-18(25-15)17-10-26-13(2)22-17/h3-8,10H,9,11H2,1-2H3,(H,20,24)(H,21,23). The second-order valence-corrected chi connectivity index (χ2v) is 7.90. The Hall–Kier alpha value is -2.58. The lowest BCUT2D eigenvalue weighted by molar-refractivity contribution is -0.118. The molecular weight excluding hydrogens is 382 g/mol. The van der Waals surface area contributed by atoms with E-state index in [4.69, 9.17) is 4.42 Å². The van der Waals surface area contributed by atoms with E-state index in [1.54, 1.807) is 11.3 Å². The van der Waals surface area contributed by atoms with Crippen molar-refractivity contribution in [3.8, 4) is 11.5 Å². The quantitative estimate of drug-likeness (QED) is 0.583. The minimum atomic E-state index is -0.110. The van der Waals surface area contributed by atoms with Crippen LogP contribution in [0.25, 0.3) is 11.5 Å². The van der Waals surface area contributed by atoms with Crippen molar-refractivity contribution in [2.45, 2.75) is 25.3 Å². The van der Waals surface area contributed by atoms with Gasteiger partial charge >= 0.3 is 0 Å². The van der Waals surface area contributed by atoms with E-state index < -0.39 is 0 Å². The van der Waals surface area contributed by atoms with E-state index in [1.807, 2.05) is 48.7 Å². The molecule has 0 aliphatic carbocycles. The van der Waals surface area contributed by atoms with Crippen LogP contribution in [0.15, 0.2) is 51.1 Å². The molecule has 0 aliphatic rings. The summed E-state index contributed by atoms with van der Waals surface area (Å²) in [6, 6.07) is 11.1. The zero-order valence-corrected chi connectivity index (χ0v) is 16.6. The van der Waals surface area contributed by atoms with Crippen molar-refractivity contribution >= 4 is 40.6 Å². The van der Waals surface area contributed by atoms with Crippen molar-refractivity contribution in [3.63, 3.8) is 0 Å². The van der Waals surface area contributed by atoms with Gasteiger partial charge in [-0.15, -0.1) is 23.1 Å². The van der Waals surface area contributed by atoms with Gasteiger partial charge in [0.2, 0.25) is 11.8 Å². The van der Waals surface area contributed by atoms with Gasteiger partial charge in [0, 0.05) is 22.9 Å². The van der Waals surface area contributed by atoms with Crippen LogP contribution in [-0.2, 0) is 16.1 Å². The smallest absolute Gasteiger partial charge is 0.230 e. The molecule has 0 atom stereocenters. The first-order valence-electron chi connectivity index (χ1n) is 8.28. The summed E-state index contributed by atoms with van der Waals surface area (Å²) in [6.07, 6.45) is 0. The number of nitrogens with zero attached hydrogens (tertiary/aromatic N) is 1. The Bertz CT molecular complexity index is 932. The maximum Gasteiger partial charge on any atom is 0.230 e. The molecule has 2 heterocycles. The molecule has 3 rings (SSSR count). The number of carbonyl (C=O) groups is 2. The molecule has 1 aromatic carbocycles. The second-order valence-electron chi connectivity index (χ2n) is 5.79. The lowest BCUT2D eigenvalue weighted by atomic mass is 10.3. The predicted octanol–water partition coefficient (Wildman–Crippen LogP) is 4.08. The first-order valence-corrected chi connectivity index (χ1v) is 10.1. The summed E-state index contributed by atoms with van der Waals surface area (Å²) >= 11 is 3.00. The number of hydrogen-bond acceptors (Lipinski definition) is 6. The number of hydrogen-bond donors (Lipinski definition) is 2. The van der Waals surface area contributed by atoms with Crippen LogP contribution < -0.4 is 10.6 Å². The minimum Gasteiger partial charge on any atom is -0.458 e. The van der Waals surface area contributed by atoms with Crippen LogP contribution >= 0.6 is 23.1 Å². The topological polar surface area (TPSA) is 84.2 Å². The number of amides is 2. The Balaban J connectivity index is 1.44. The monoisotopic (exact) mass is 401 g/mol. The third-order valence-electron chi connectivity index (χ3n) is 3.54. The molecule has 0 fully saturated rings. The number of benzene rings is 1. The van der Waals surface area contributed by atoms with Crippen molar-refractivity contribution < 1.29 is 14.0 Å². The number of thiazole rings is 1. The van der Waals surface area contributed by atoms with Gasteiger partial charge in [0.1, 0.15) is 11.5 Å². The summed E-state index contributed by atoms with van der Waals surface area (Å²) < 4.78 is 5.73. The molecule has 0 radical (unpaired) electrons. The highest BCUT2D eigenvalue weighted by Gasteiger charge is 2.09. The number of aryl methyl sites for hydroxylation is 1. The zero-order chi connectivity index (χ0) is 19.2. The molecule has 6 nitrogen and oxygen atoms in total. The van der Waals surface area contributed by atoms with Gasteiger partial charge in [0.25, 0.3) is 0 Å². The van der Waals surface area contributed by atoms with E-state index in [1.165, 1.54) is 18.7 Å². The summed E-state index contributed by atoms with van der Waals surface area (Å²) in [5, 5.41) is 8.49. The van der Waals surface area contributed by atoms with Crippen LogP contribution in [0.1, 0.15) is 17.7 Å². The van der Waals surface area contributed by atoms with Gasteiger partial charge in [0.05, 0.1) is 17.3 Å². The maximum absolute atomic E-state index is 12.0. The number of thioether (sulfide) groups is 1. The molecule has 2 amide bonds. The zero-order valence-electron chi connectivity index (χ0n) is 14.9. The number of aromatic nitrogens is 1. The van der Waals surface area contributed by atoms with E-state index >= 15 is 0 Å². The molecule has 0 saturated carbocycles. The van der Waals surface area contributed by atoms with E-state index in [9.17, 15) is 9.59 Å². The van der Waals surface area contributed by atoms with Crippen molar-refractivity contribution in [3.05, 3.63) is 52.5 Å². The van der Waals surface area contributed by atoms with E-state index in [-0.39, 0.29) is 11.8 Å². The van der Waals surface area contributed by atoms with Crippen LogP contribution in [0, 0.1) is 6.92 Å². The van der Waals surface area contributed by atoms with Crippen molar-refractivity contribution in [2.75, 3.05) is 11.1 Å². The molecule has 0 aliphatic heterocycles. The molecule has 0 spiro atoms. The summed E-state index contributed by atoms with van der Waals surface area (Å²) in [5.74, 6) is 1.51. The van der Waals surface area contributed by atoms with Gasteiger partial charge in [-0.2, -0.15) is 0 Å². The van der Waals surface area contributed by atoms with E-state index in [2.05, 4.69) is 15.6 Å². The Kier molecular flexibility index (Phi) is 6.31. The minimum absolute atomic E-state index is 0.0756. The normalized spacial score (nSPS) is 10.6. The highest BCUT2D eigenvalue weighted by atomic mass is 32.2. The molecule has 0 bridgehead atoms. The number of nitrogens with one attached hydrogen (secondary N) is 2. The largest absolute Gasteiger partial charge is 0.458 e. The molecule has 8 heteroatoms. The predicted molar refractivity (Wildman–Crippen MR) is 108 cm³/mol. The van der Waals surface area contributed by atoms with Crippen LogP contribution in [0.3, 0.4) is 0 Å². The Morgan fingerprint density at radius 2 is 1.96 bits per heavy atom. The lowest BCUT2D eigenvalue weighted by Crippen LogP contribution is -2.24. The first-order chi connectivity index (χ1) is 13.0. The van der Waals surface area contributed by atoms with Gasteiger partial charge in [0.15, 0.2) is 5.76 Å². The van der Waals surface area contributed by atoms with Crippen molar-refractivity contribution in [2.24, 2.45) is 0 Å². The number of rotatable bonds is 7. The number of furan rings is 1.